The van der Waals surface area contributed by atoms with Gasteiger partial charge in [0, 0.05) is 42.1 Å². The summed E-state index contributed by atoms with van der Waals surface area (Å²) in [6.45, 7) is 0. The summed E-state index contributed by atoms with van der Waals surface area (Å²) in [7, 11) is 1.77. The Morgan fingerprint density at radius 2 is 2.00 bits per heavy atom. The van der Waals surface area contributed by atoms with Gasteiger partial charge in [0.1, 0.15) is 5.75 Å². The maximum absolute atomic E-state index is 12.5. The number of carbonyl (C=O) groups excluding carboxylic acids is 2. The number of anilines is 1. The lowest BCUT2D eigenvalue weighted by Crippen LogP contribution is -2.31. The Bertz CT molecular complexity index is 1030. The van der Waals surface area contributed by atoms with Gasteiger partial charge in [-0.1, -0.05) is 11.6 Å². The number of hydrogen-bond donors (Lipinski definition) is 1. The Balaban J connectivity index is 1.42. The molecule has 3 aromatic rings. The molecule has 0 spiro atoms. The van der Waals surface area contributed by atoms with E-state index in [0.29, 0.717) is 34.3 Å². The van der Waals surface area contributed by atoms with Gasteiger partial charge < -0.3 is 14.6 Å². The third-order valence-corrected chi connectivity index (χ3v) is 4.66. The molecule has 0 fully saturated rings. The third-order valence-electron chi connectivity index (χ3n) is 4.43. The molecule has 1 N–H and O–H groups in total. The van der Waals surface area contributed by atoms with E-state index >= 15 is 0 Å². The molecule has 7 heteroatoms. The smallest absolute Gasteiger partial charge is 0.265 e. The molecular formula is C20H16ClN3O3. The normalized spacial score (nSPS) is 15.1. The van der Waals surface area contributed by atoms with E-state index in [9.17, 15) is 9.59 Å². The van der Waals surface area contributed by atoms with Crippen molar-refractivity contribution in [1.82, 2.24) is 9.55 Å². The number of halogens is 1. The fraction of sp³-hybridized carbons (Fsp3) is 0.150. The molecule has 1 atom stereocenters. The maximum Gasteiger partial charge on any atom is 0.265 e. The average molecular weight is 382 g/mol. The van der Waals surface area contributed by atoms with Gasteiger partial charge in [0.25, 0.3) is 5.91 Å². The van der Waals surface area contributed by atoms with E-state index in [-0.39, 0.29) is 11.7 Å². The maximum atomic E-state index is 12.5. The minimum absolute atomic E-state index is 0.174. The summed E-state index contributed by atoms with van der Waals surface area (Å²) in [5, 5.41) is 3.43. The van der Waals surface area contributed by atoms with Gasteiger partial charge in [0.15, 0.2) is 11.9 Å². The van der Waals surface area contributed by atoms with Crippen LogP contribution in [0.15, 0.2) is 54.9 Å². The molecule has 0 bridgehead atoms. The topological polar surface area (TPSA) is 73.2 Å². The van der Waals surface area contributed by atoms with Crippen molar-refractivity contribution in [3.8, 4) is 5.75 Å². The van der Waals surface area contributed by atoms with Gasteiger partial charge in [0.05, 0.1) is 0 Å². The van der Waals surface area contributed by atoms with Crippen LogP contribution in [0.3, 0.4) is 0 Å². The van der Waals surface area contributed by atoms with Crippen LogP contribution in [0.5, 0.6) is 5.75 Å². The Morgan fingerprint density at radius 1 is 1.22 bits per heavy atom. The molecule has 0 radical (unpaired) electrons. The van der Waals surface area contributed by atoms with Gasteiger partial charge in [-0.05, 0) is 48.0 Å². The van der Waals surface area contributed by atoms with Crippen molar-refractivity contribution < 1.29 is 14.3 Å². The first kappa shape index (κ1) is 17.3. The molecular weight excluding hydrogens is 366 g/mol. The number of ether oxygens (including phenoxy) is 1. The Labute approximate surface area is 160 Å². The first-order valence-corrected chi connectivity index (χ1v) is 8.77. The number of amides is 1. The SMILES string of the molecule is Cn1ccnc1C(=O)c1ccc(NC(=O)C2Cc3cc(Cl)ccc3O2)cc1. The lowest BCUT2D eigenvalue weighted by molar-refractivity contribution is -0.122. The summed E-state index contributed by atoms with van der Waals surface area (Å²) in [6, 6.07) is 12.0. The number of hydrogen-bond acceptors (Lipinski definition) is 4. The molecule has 136 valence electrons. The number of fused-ring (bicyclic) bond motifs is 1. The average Bonchev–Trinajstić information content (AvgIpc) is 3.27. The number of carbonyl (C=O) groups is 2. The van der Waals surface area contributed by atoms with Crippen LogP contribution in [-0.2, 0) is 18.3 Å². The van der Waals surface area contributed by atoms with Gasteiger partial charge in [0.2, 0.25) is 5.78 Å². The number of imidazole rings is 1. The minimum Gasteiger partial charge on any atom is -0.480 e. The highest BCUT2D eigenvalue weighted by molar-refractivity contribution is 6.30. The predicted octanol–water partition coefficient (Wildman–Crippen LogP) is 3.25. The molecule has 27 heavy (non-hydrogen) atoms. The van der Waals surface area contributed by atoms with E-state index in [4.69, 9.17) is 16.3 Å². The van der Waals surface area contributed by atoms with Crippen LogP contribution >= 0.6 is 11.6 Å². The van der Waals surface area contributed by atoms with E-state index in [2.05, 4.69) is 10.3 Å². The quantitative estimate of drug-likeness (QED) is 0.704. The highest BCUT2D eigenvalue weighted by Crippen LogP contribution is 2.31. The van der Waals surface area contributed by atoms with E-state index in [1.54, 1.807) is 60.4 Å². The highest BCUT2D eigenvalue weighted by atomic mass is 35.5. The summed E-state index contributed by atoms with van der Waals surface area (Å²) in [6.07, 6.45) is 3.16. The van der Waals surface area contributed by atoms with Crippen LogP contribution in [0.4, 0.5) is 5.69 Å². The number of benzene rings is 2. The zero-order valence-electron chi connectivity index (χ0n) is 14.5. The molecule has 4 rings (SSSR count). The van der Waals surface area contributed by atoms with Crippen molar-refractivity contribution in [1.29, 1.82) is 0 Å². The second kappa shape index (κ2) is 6.89. The molecule has 0 saturated heterocycles. The zero-order chi connectivity index (χ0) is 19.0. The second-order valence-corrected chi connectivity index (χ2v) is 6.76. The molecule has 0 aliphatic carbocycles. The van der Waals surface area contributed by atoms with Gasteiger partial charge in [-0.2, -0.15) is 0 Å². The molecule has 1 aliphatic rings. The Kier molecular flexibility index (Phi) is 4.41. The number of rotatable bonds is 4. The van der Waals surface area contributed by atoms with Crippen molar-refractivity contribution in [2.45, 2.75) is 12.5 Å². The zero-order valence-corrected chi connectivity index (χ0v) is 15.2. The summed E-state index contributed by atoms with van der Waals surface area (Å²) in [5.74, 6) is 0.621. The van der Waals surface area contributed by atoms with Gasteiger partial charge in [-0.25, -0.2) is 4.98 Å². The van der Waals surface area contributed by atoms with E-state index in [1.807, 2.05) is 6.07 Å². The summed E-state index contributed by atoms with van der Waals surface area (Å²) < 4.78 is 7.35. The molecule has 1 aliphatic heterocycles. The van der Waals surface area contributed by atoms with Crippen LogP contribution in [-0.4, -0.2) is 27.3 Å². The predicted molar refractivity (Wildman–Crippen MR) is 101 cm³/mol. The number of ketones is 1. The van der Waals surface area contributed by atoms with Crippen LogP contribution < -0.4 is 10.1 Å². The number of nitrogens with zero attached hydrogens (tertiary/aromatic N) is 2. The second-order valence-electron chi connectivity index (χ2n) is 6.32. The van der Waals surface area contributed by atoms with Gasteiger partial charge >= 0.3 is 0 Å². The van der Waals surface area contributed by atoms with Crippen LogP contribution in [0.1, 0.15) is 21.7 Å². The summed E-state index contributed by atoms with van der Waals surface area (Å²) in [4.78, 5) is 29.0. The van der Waals surface area contributed by atoms with Crippen molar-refractivity contribution in [2.24, 2.45) is 7.05 Å². The Hall–Kier alpha value is -3.12. The first-order valence-electron chi connectivity index (χ1n) is 8.39. The molecule has 2 heterocycles. The van der Waals surface area contributed by atoms with Gasteiger partial charge in [-0.15, -0.1) is 0 Å². The lowest BCUT2D eigenvalue weighted by atomic mass is 10.1. The van der Waals surface area contributed by atoms with Crippen LogP contribution in [0.25, 0.3) is 0 Å². The summed E-state index contributed by atoms with van der Waals surface area (Å²) >= 11 is 5.98. The Morgan fingerprint density at radius 3 is 2.70 bits per heavy atom. The highest BCUT2D eigenvalue weighted by Gasteiger charge is 2.29. The minimum atomic E-state index is -0.604. The molecule has 6 nitrogen and oxygen atoms in total. The standard InChI is InChI=1S/C20H16ClN3O3/c1-24-9-8-22-19(24)18(25)12-2-5-15(6-3-12)23-20(26)17-11-13-10-14(21)4-7-16(13)27-17/h2-10,17H,11H2,1H3,(H,23,26). The van der Waals surface area contributed by atoms with Crippen LogP contribution in [0, 0.1) is 0 Å². The number of aryl methyl sites for hydroxylation is 1. The number of nitrogens with one attached hydrogen (secondary N) is 1. The lowest BCUT2D eigenvalue weighted by Gasteiger charge is -2.11. The largest absolute Gasteiger partial charge is 0.480 e. The fourth-order valence-electron chi connectivity index (χ4n) is 3.00. The van der Waals surface area contributed by atoms with E-state index in [0.717, 1.165) is 5.56 Å². The molecule has 1 amide bonds. The first-order chi connectivity index (χ1) is 13.0. The summed E-state index contributed by atoms with van der Waals surface area (Å²) in [5.41, 5.74) is 2.01. The van der Waals surface area contributed by atoms with Crippen molar-refractivity contribution in [3.63, 3.8) is 0 Å². The fourth-order valence-corrected chi connectivity index (χ4v) is 3.20. The van der Waals surface area contributed by atoms with E-state index < -0.39 is 6.10 Å². The van der Waals surface area contributed by atoms with Gasteiger partial charge in [-0.3, -0.25) is 9.59 Å². The van der Waals surface area contributed by atoms with E-state index in [1.165, 1.54) is 0 Å². The third kappa shape index (κ3) is 3.44. The molecule has 1 unspecified atom stereocenters. The number of aromatic nitrogens is 2. The van der Waals surface area contributed by atoms with Crippen molar-refractivity contribution >= 4 is 29.0 Å². The molecule has 1 aromatic heterocycles. The van der Waals surface area contributed by atoms with Crippen molar-refractivity contribution in [3.05, 3.63) is 76.8 Å². The molecule has 2 aromatic carbocycles. The monoisotopic (exact) mass is 381 g/mol. The van der Waals surface area contributed by atoms with Crippen molar-refractivity contribution in [2.75, 3.05) is 5.32 Å². The van der Waals surface area contributed by atoms with Crippen LogP contribution in [0.2, 0.25) is 5.02 Å². The molecule has 0 saturated carbocycles.